The largest absolute Gasteiger partial charge is 1.00 e. The number of hydrogen-bond acceptors (Lipinski definition) is 9. The molecule has 38 heavy (non-hydrogen) atoms. The second kappa shape index (κ2) is 14.7. The number of aromatic nitrogens is 8. The average molecular weight is 528 g/mol. The number of H-pyrrole nitrogens is 1. The molecule has 0 amide bonds. The summed E-state index contributed by atoms with van der Waals surface area (Å²) < 4.78 is 5.97. The van der Waals surface area contributed by atoms with Gasteiger partial charge < -0.3 is 9.84 Å². The molecule has 2 N–H and O–H groups in total. The van der Waals surface area contributed by atoms with Gasteiger partial charge in [-0.2, -0.15) is 10.0 Å². The molecule has 4 rings (SSSR count). The Hall–Kier alpha value is -3.15. The van der Waals surface area contributed by atoms with E-state index in [1.807, 2.05) is 37.3 Å². The van der Waals surface area contributed by atoms with E-state index < -0.39 is 0 Å². The number of aryl methyl sites for hydroxylation is 2. The minimum absolute atomic E-state index is 0. The van der Waals surface area contributed by atoms with Crippen molar-refractivity contribution in [3.05, 3.63) is 70.3 Å². The number of nitrogens with zero attached hydrogens (tertiary/aromatic N) is 7. The molecule has 2 heterocycles. The van der Waals surface area contributed by atoms with Crippen molar-refractivity contribution in [2.45, 2.75) is 71.9 Å². The first-order chi connectivity index (χ1) is 18.0. The minimum Gasteiger partial charge on any atom is -0.507 e. The standard InChI is InChI=1S/C26H32N8O3.Na/c1-3-7-23-20(11-14-22(18(2)35)26(23)36)17-37-21-12-9-19(10-13-21)16-25-29-33-34(30-25)15-6-4-5-8-24-27-31-32-28-24;/h9-14,36H,3-8,15-17H2,1-2H3,(H,27,28,31,32);/q;+1. The summed E-state index contributed by atoms with van der Waals surface area (Å²) in [5.74, 6) is 2.05. The van der Waals surface area contributed by atoms with Gasteiger partial charge in [0.15, 0.2) is 17.4 Å². The Kier molecular flexibility index (Phi) is 11.4. The monoisotopic (exact) mass is 527 g/mol. The van der Waals surface area contributed by atoms with Gasteiger partial charge in [0.2, 0.25) is 0 Å². The second-order valence-corrected chi connectivity index (χ2v) is 8.96. The smallest absolute Gasteiger partial charge is 0.507 e. The SMILES string of the molecule is CCCc1c(COc2ccc(Cc3nnn(CCCCCc4nn[nH]n4)n3)cc2)ccc(C(C)=O)c1O.[Na+]. The van der Waals surface area contributed by atoms with Gasteiger partial charge in [-0.25, -0.2) is 0 Å². The Morgan fingerprint density at radius 2 is 1.84 bits per heavy atom. The number of rotatable bonds is 14. The third-order valence-electron chi connectivity index (χ3n) is 6.08. The first-order valence-corrected chi connectivity index (χ1v) is 12.6. The van der Waals surface area contributed by atoms with Gasteiger partial charge in [0.1, 0.15) is 18.1 Å². The van der Waals surface area contributed by atoms with Crippen LogP contribution in [0.2, 0.25) is 0 Å². The minimum atomic E-state index is -0.149. The molecule has 2 aromatic carbocycles. The van der Waals surface area contributed by atoms with Crippen LogP contribution < -0.4 is 34.3 Å². The molecular formula is C26H32N8NaO3+. The zero-order chi connectivity index (χ0) is 26.0. The normalized spacial score (nSPS) is 10.8. The zero-order valence-corrected chi connectivity index (χ0v) is 24.2. The van der Waals surface area contributed by atoms with E-state index in [1.54, 1.807) is 10.9 Å². The Labute approximate surface area is 243 Å². The van der Waals surface area contributed by atoms with E-state index >= 15 is 0 Å². The van der Waals surface area contributed by atoms with Crippen molar-refractivity contribution in [2.75, 3.05) is 0 Å². The number of aromatic hydroxyl groups is 1. The molecule has 0 aliphatic heterocycles. The summed E-state index contributed by atoms with van der Waals surface area (Å²) in [5.41, 5.74) is 3.06. The van der Waals surface area contributed by atoms with Crippen LogP contribution in [0, 0.1) is 0 Å². The van der Waals surface area contributed by atoms with Crippen LogP contribution >= 0.6 is 0 Å². The van der Waals surface area contributed by atoms with E-state index in [9.17, 15) is 9.90 Å². The number of carbonyl (C=O) groups excluding carboxylic acids is 1. The average Bonchev–Trinajstić information content (AvgIpc) is 3.57. The molecule has 0 saturated heterocycles. The van der Waals surface area contributed by atoms with Crippen LogP contribution in [0.3, 0.4) is 0 Å². The maximum atomic E-state index is 11.8. The number of Topliss-reactive ketones (excluding diaryl/α,β-unsaturated/α-hetero) is 1. The maximum absolute atomic E-state index is 11.8. The van der Waals surface area contributed by atoms with Crippen LogP contribution in [0.25, 0.3) is 0 Å². The maximum Gasteiger partial charge on any atom is 1.00 e. The predicted octanol–water partition coefficient (Wildman–Crippen LogP) is 0.634. The molecule has 2 aromatic heterocycles. The number of ether oxygens (including phenoxy) is 1. The summed E-state index contributed by atoms with van der Waals surface area (Å²) >= 11 is 0. The number of ketones is 1. The van der Waals surface area contributed by atoms with Crippen molar-refractivity contribution in [3.8, 4) is 11.5 Å². The van der Waals surface area contributed by atoms with Gasteiger partial charge in [0.05, 0.1) is 12.1 Å². The van der Waals surface area contributed by atoms with E-state index in [-0.39, 0.29) is 41.1 Å². The van der Waals surface area contributed by atoms with Gasteiger partial charge in [-0.15, -0.1) is 20.4 Å². The Balaban J connectivity index is 0.00000400. The Bertz CT molecular complexity index is 1290. The van der Waals surface area contributed by atoms with Crippen LogP contribution in [0.15, 0.2) is 36.4 Å². The summed E-state index contributed by atoms with van der Waals surface area (Å²) in [7, 11) is 0. The van der Waals surface area contributed by atoms with Crippen molar-refractivity contribution in [2.24, 2.45) is 0 Å². The first-order valence-electron chi connectivity index (χ1n) is 12.6. The predicted molar refractivity (Wildman–Crippen MR) is 135 cm³/mol. The second-order valence-electron chi connectivity index (χ2n) is 8.96. The van der Waals surface area contributed by atoms with Gasteiger partial charge >= 0.3 is 29.6 Å². The van der Waals surface area contributed by atoms with Crippen molar-refractivity contribution in [1.82, 2.24) is 40.8 Å². The third kappa shape index (κ3) is 8.17. The molecule has 0 atom stereocenters. The summed E-state index contributed by atoms with van der Waals surface area (Å²) in [4.78, 5) is 13.4. The summed E-state index contributed by atoms with van der Waals surface area (Å²) in [6, 6.07) is 11.3. The van der Waals surface area contributed by atoms with Gasteiger partial charge in [0.25, 0.3) is 0 Å². The van der Waals surface area contributed by atoms with Crippen molar-refractivity contribution >= 4 is 5.78 Å². The Morgan fingerprint density at radius 3 is 2.55 bits per heavy atom. The Morgan fingerprint density at radius 1 is 1.03 bits per heavy atom. The number of unbranched alkanes of at least 4 members (excludes halogenated alkanes) is 2. The topological polar surface area (TPSA) is 145 Å². The number of aromatic amines is 1. The summed E-state index contributed by atoms with van der Waals surface area (Å²) in [6.45, 7) is 4.53. The van der Waals surface area contributed by atoms with E-state index in [1.165, 1.54) is 6.92 Å². The van der Waals surface area contributed by atoms with Crippen LogP contribution in [0.4, 0.5) is 0 Å². The number of phenolic OH excluding ortho intramolecular Hbond substituents is 1. The van der Waals surface area contributed by atoms with E-state index in [0.29, 0.717) is 30.8 Å². The molecule has 12 heteroatoms. The molecule has 0 spiro atoms. The molecule has 0 unspecified atom stereocenters. The van der Waals surface area contributed by atoms with Gasteiger partial charge in [-0.05, 0) is 60.7 Å². The number of hydrogen-bond donors (Lipinski definition) is 2. The van der Waals surface area contributed by atoms with Gasteiger partial charge in [0, 0.05) is 18.4 Å². The van der Waals surface area contributed by atoms with Crippen molar-refractivity contribution in [3.63, 3.8) is 0 Å². The molecule has 11 nitrogen and oxygen atoms in total. The molecule has 0 bridgehead atoms. The number of nitrogens with one attached hydrogen (secondary N) is 1. The summed E-state index contributed by atoms with van der Waals surface area (Å²) in [5, 5.41) is 37.3. The van der Waals surface area contributed by atoms with E-state index in [4.69, 9.17) is 4.74 Å². The molecule has 0 aliphatic rings. The fourth-order valence-corrected chi connectivity index (χ4v) is 4.12. The molecule has 194 valence electrons. The molecule has 4 aromatic rings. The first kappa shape index (κ1) is 29.4. The summed E-state index contributed by atoms with van der Waals surface area (Å²) in [6.07, 6.45) is 5.89. The van der Waals surface area contributed by atoms with Gasteiger partial charge in [-0.3, -0.25) is 4.79 Å². The molecule has 0 aliphatic carbocycles. The number of benzene rings is 2. The molecule has 0 fully saturated rings. The van der Waals surface area contributed by atoms with Crippen LogP contribution in [0.5, 0.6) is 11.5 Å². The molecule has 0 saturated carbocycles. The van der Waals surface area contributed by atoms with Crippen LogP contribution in [-0.2, 0) is 32.4 Å². The third-order valence-corrected chi connectivity index (χ3v) is 6.08. The fraction of sp³-hybridized carbons (Fsp3) is 0.423. The molecule has 0 radical (unpaired) electrons. The zero-order valence-electron chi connectivity index (χ0n) is 22.2. The van der Waals surface area contributed by atoms with Crippen LogP contribution in [0.1, 0.15) is 78.2 Å². The van der Waals surface area contributed by atoms with Crippen molar-refractivity contribution in [1.29, 1.82) is 0 Å². The number of tetrazole rings is 2. The van der Waals surface area contributed by atoms with Crippen molar-refractivity contribution < 1.29 is 44.2 Å². The quantitative estimate of drug-likeness (QED) is 0.137. The number of phenols is 1. The number of carbonyl (C=O) groups is 1. The fourth-order valence-electron chi connectivity index (χ4n) is 4.12. The van der Waals surface area contributed by atoms with E-state index in [0.717, 1.165) is 66.9 Å². The van der Waals surface area contributed by atoms with Crippen LogP contribution in [-0.4, -0.2) is 51.7 Å². The molecular weight excluding hydrogens is 495 g/mol. The van der Waals surface area contributed by atoms with Gasteiger partial charge in [-0.1, -0.05) is 43.2 Å². The van der Waals surface area contributed by atoms with E-state index in [2.05, 4.69) is 36.0 Å².